The average Bonchev–Trinajstić information content (AvgIpc) is 2.61. The molecule has 20 heavy (non-hydrogen) atoms. The zero-order valence-electron chi connectivity index (χ0n) is 12.7. The van der Waals surface area contributed by atoms with Gasteiger partial charge in [-0.15, -0.1) is 0 Å². The molecule has 2 heterocycles. The summed E-state index contributed by atoms with van der Waals surface area (Å²) in [7, 11) is 1.95. The highest BCUT2D eigenvalue weighted by atomic mass is 15.3. The minimum atomic E-state index is 0.273. The second-order valence-electron chi connectivity index (χ2n) is 5.30. The Morgan fingerprint density at radius 3 is 2.55 bits per heavy atom. The Morgan fingerprint density at radius 2 is 2.00 bits per heavy atom. The summed E-state index contributed by atoms with van der Waals surface area (Å²) in [6.45, 7) is 8.93. The third kappa shape index (κ3) is 2.59. The van der Waals surface area contributed by atoms with Crippen molar-refractivity contribution in [1.29, 1.82) is 0 Å². The van der Waals surface area contributed by atoms with Crippen molar-refractivity contribution in [1.82, 2.24) is 19.7 Å². The van der Waals surface area contributed by atoms with Crippen LogP contribution in [0, 0.1) is 13.8 Å². The number of anilines is 2. The largest absolute Gasteiger partial charge is 0.383 e. The molecule has 6 heteroatoms. The van der Waals surface area contributed by atoms with E-state index in [-0.39, 0.29) is 5.92 Å². The van der Waals surface area contributed by atoms with Crippen LogP contribution in [0.5, 0.6) is 0 Å². The van der Waals surface area contributed by atoms with Gasteiger partial charge in [0, 0.05) is 30.4 Å². The smallest absolute Gasteiger partial charge is 0.135 e. The molecule has 2 aromatic heterocycles. The van der Waals surface area contributed by atoms with Gasteiger partial charge in [-0.05, 0) is 19.8 Å². The van der Waals surface area contributed by atoms with Crippen molar-refractivity contribution >= 4 is 11.6 Å². The molecule has 0 aliphatic rings. The molecule has 0 unspecified atom stereocenters. The van der Waals surface area contributed by atoms with Gasteiger partial charge in [-0.2, -0.15) is 5.10 Å². The van der Waals surface area contributed by atoms with E-state index in [4.69, 9.17) is 5.73 Å². The van der Waals surface area contributed by atoms with Crippen molar-refractivity contribution in [3.63, 3.8) is 0 Å². The molecule has 0 aromatic carbocycles. The molecule has 0 radical (unpaired) electrons. The molecular formula is C14H22N6. The summed E-state index contributed by atoms with van der Waals surface area (Å²) in [6.07, 6.45) is 1.49. The molecule has 108 valence electrons. The predicted octanol–water partition coefficient (Wildman–Crippen LogP) is 2.14. The number of nitrogens with two attached hydrogens (primary N) is 1. The van der Waals surface area contributed by atoms with Gasteiger partial charge >= 0.3 is 0 Å². The molecular weight excluding hydrogens is 252 g/mol. The zero-order valence-corrected chi connectivity index (χ0v) is 12.7. The highest BCUT2D eigenvalue weighted by Crippen LogP contribution is 2.27. The molecule has 0 saturated carbocycles. The van der Waals surface area contributed by atoms with Gasteiger partial charge in [0.2, 0.25) is 0 Å². The van der Waals surface area contributed by atoms with E-state index < -0.39 is 0 Å². The van der Waals surface area contributed by atoms with Crippen molar-refractivity contribution in [2.24, 2.45) is 7.05 Å². The molecule has 2 rings (SSSR count). The van der Waals surface area contributed by atoms with Crippen molar-refractivity contribution in [2.75, 3.05) is 11.1 Å². The van der Waals surface area contributed by atoms with Crippen molar-refractivity contribution in [3.8, 4) is 0 Å². The lowest BCUT2D eigenvalue weighted by atomic mass is 10.0. The molecule has 2 aromatic rings. The first-order chi connectivity index (χ1) is 9.41. The predicted molar refractivity (Wildman–Crippen MR) is 80.5 cm³/mol. The quantitative estimate of drug-likeness (QED) is 0.892. The molecule has 0 bridgehead atoms. The zero-order chi connectivity index (χ0) is 14.9. The molecule has 0 spiro atoms. The first-order valence-electron chi connectivity index (χ1n) is 6.75. The van der Waals surface area contributed by atoms with Crippen LogP contribution in [0.1, 0.15) is 42.3 Å². The SMILES string of the molecule is Cc1nn(C)c(C)c1CNc1ncnc(N)c1C(C)C. The van der Waals surface area contributed by atoms with E-state index in [2.05, 4.69) is 41.2 Å². The Balaban J connectivity index is 2.25. The normalized spacial score (nSPS) is 11.1. The molecule has 6 nitrogen and oxygen atoms in total. The van der Waals surface area contributed by atoms with E-state index >= 15 is 0 Å². The number of hydrogen-bond acceptors (Lipinski definition) is 5. The first-order valence-corrected chi connectivity index (χ1v) is 6.75. The monoisotopic (exact) mass is 274 g/mol. The number of rotatable bonds is 4. The van der Waals surface area contributed by atoms with E-state index in [0.29, 0.717) is 12.4 Å². The first kappa shape index (κ1) is 14.3. The van der Waals surface area contributed by atoms with Crippen LogP contribution in [0.15, 0.2) is 6.33 Å². The van der Waals surface area contributed by atoms with Crippen molar-refractivity contribution in [2.45, 2.75) is 40.2 Å². The van der Waals surface area contributed by atoms with Gasteiger partial charge in [0.1, 0.15) is 18.0 Å². The number of nitrogens with zero attached hydrogens (tertiary/aromatic N) is 4. The lowest BCUT2D eigenvalue weighted by molar-refractivity contribution is 0.730. The maximum absolute atomic E-state index is 5.95. The Labute approximate surface area is 119 Å². The molecule has 0 saturated heterocycles. The van der Waals surface area contributed by atoms with Crippen LogP contribution < -0.4 is 11.1 Å². The molecule has 0 atom stereocenters. The van der Waals surface area contributed by atoms with Gasteiger partial charge in [0.05, 0.1) is 5.69 Å². The molecule has 3 N–H and O–H groups in total. The number of aryl methyl sites for hydroxylation is 2. The Kier molecular flexibility index (Phi) is 3.92. The standard InChI is InChI=1S/C14H22N6/c1-8(2)12-13(15)17-7-18-14(12)16-6-11-9(3)19-20(5)10(11)4/h7-8H,6H2,1-5H3,(H3,15,16,17,18). The van der Waals surface area contributed by atoms with E-state index in [9.17, 15) is 0 Å². The van der Waals surface area contributed by atoms with Crippen LogP contribution in [0.3, 0.4) is 0 Å². The van der Waals surface area contributed by atoms with Gasteiger partial charge < -0.3 is 11.1 Å². The fourth-order valence-electron chi connectivity index (χ4n) is 2.36. The minimum Gasteiger partial charge on any atom is -0.383 e. The summed E-state index contributed by atoms with van der Waals surface area (Å²) in [5.41, 5.74) is 10.3. The topological polar surface area (TPSA) is 81.7 Å². The van der Waals surface area contributed by atoms with Crippen molar-refractivity contribution in [3.05, 3.63) is 28.8 Å². The highest BCUT2D eigenvalue weighted by molar-refractivity contribution is 5.56. The van der Waals surface area contributed by atoms with Crippen LogP contribution in [0.25, 0.3) is 0 Å². The number of nitrogen functional groups attached to an aromatic ring is 1. The summed E-state index contributed by atoms with van der Waals surface area (Å²) in [5, 5.41) is 7.78. The van der Waals surface area contributed by atoms with Crippen molar-refractivity contribution < 1.29 is 0 Å². The Bertz CT molecular complexity index is 614. The van der Waals surface area contributed by atoms with Crippen LogP contribution in [-0.4, -0.2) is 19.7 Å². The lowest BCUT2D eigenvalue weighted by Gasteiger charge is -2.15. The van der Waals surface area contributed by atoms with Crippen LogP contribution in [0.2, 0.25) is 0 Å². The van der Waals surface area contributed by atoms with E-state index in [1.54, 1.807) is 0 Å². The van der Waals surface area contributed by atoms with Crippen LogP contribution in [0.4, 0.5) is 11.6 Å². The van der Waals surface area contributed by atoms with Gasteiger partial charge in [0.25, 0.3) is 0 Å². The highest BCUT2D eigenvalue weighted by Gasteiger charge is 2.14. The molecule has 0 aliphatic carbocycles. The lowest BCUT2D eigenvalue weighted by Crippen LogP contribution is -2.10. The maximum atomic E-state index is 5.95. The van der Waals surface area contributed by atoms with E-state index in [1.807, 2.05) is 18.7 Å². The van der Waals surface area contributed by atoms with E-state index in [0.717, 1.165) is 22.8 Å². The summed E-state index contributed by atoms with van der Waals surface area (Å²) in [6, 6.07) is 0. The second-order valence-corrected chi connectivity index (χ2v) is 5.30. The van der Waals surface area contributed by atoms with Crippen LogP contribution >= 0.6 is 0 Å². The third-order valence-electron chi connectivity index (χ3n) is 3.58. The molecule has 0 fully saturated rings. The Hall–Kier alpha value is -2.11. The van der Waals surface area contributed by atoms with E-state index in [1.165, 1.54) is 11.9 Å². The van der Waals surface area contributed by atoms with Gasteiger partial charge in [-0.3, -0.25) is 4.68 Å². The maximum Gasteiger partial charge on any atom is 0.135 e. The van der Waals surface area contributed by atoms with Gasteiger partial charge in [-0.1, -0.05) is 13.8 Å². The van der Waals surface area contributed by atoms with Gasteiger partial charge in [0.15, 0.2) is 0 Å². The fraction of sp³-hybridized carbons (Fsp3) is 0.500. The third-order valence-corrected chi connectivity index (χ3v) is 3.58. The Morgan fingerprint density at radius 1 is 1.30 bits per heavy atom. The number of hydrogen-bond donors (Lipinski definition) is 2. The number of aromatic nitrogens is 4. The summed E-state index contributed by atoms with van der Waals surface area (Å²) < 4.78 is 1.89. The molecule has 0 amide bonds. The van der Waals surface area contributed by atoms with Gasteiger partial charge in [-0.25, -0.2) is 9.97 Å². The number of nitrogens with one attached hydrogen (secondary N) is 1. The molecule has 0 aliphatic heterocycles. The fourth-order valence-corrected chi connectivity index (χ4v) is 2.36. The average molecular weight is 274 g/mol. The van der Waals surface area contributed by atoms with Crippen LogP contribution in [-0.2, 0) is 13.6 Å². The summed E-state index contributed by atoms with van der Waals surface area (Å²) in [5.74, 6) is 1.61. The second kappa shape index (κ2) is 5.48. The summed E-state index contributed by atoms with van der Waals surface area (Å²) >= 11 is 0. The summed E-state index contributed by atoms with van der Waals surface area (Å²) in [4.78, 5) is 8.38. The minimum absolute atomic E-state index is 0.273.